The van der Waals surface area contributed by atoms with Crippen LogP contribution < -0.4 is 10.6 Å². The zero-order chi connectivity index (χ0) is 24.9. The Kier molecular flexibility index (Phi) is 6.53. The minimum absolute atomic E-state index is 0.0497. The number of rotatable bonds is 6. The number of carbonyl (C=O) groups is 2. The van der Waals surface area contributed by atoms with Gasteiger partial charge in [-0.25, -0.2) is 4.79 Å². The van der Waals surface area contributed by atoms with Crippen molar-refractivity contribution < 1.29 is 23.6 Å². The molecule has 4 fully saturated rings. The molecular formula is C26H39BN2O5. The Morgan fingerprint density at radius 1 is 1.15 bits per heavy atom. The van der Waals surface area contributed by atoms with Gasteiger partial charge in [-0.1, -0.05) is 44.2 Å². The summed E-state index contributed by atoms with van der Waals surface area (Å²) in [5, 5.41) is 5.77. The van der Waals surface area contributed by atoms with E-state index in [1.165, 1.54) is 6.42 Å². The second-order valence-electron chi connectivity index (χ2n) is 12.0. The van der Waals surface area contributed by atoms with Crippen LogP contribution in [0.2, 0.25) is 0 Å². The Morgan fingerprint density at radius 2 is 1.82 bits per heavy atom. The highest BCUT2D eigenvalue weighted by Crippen LogP contribution is 2.65. The third-order valence-electron chi connectivity index (χ3n) is 8.04. The molecule has 0 aromatic heterocycles. The predicted molar refractivity (Wildman–Crippen MR) is 131 cm³/mol. The van der Waals surface area contributed by atoms with Gasteiger partial charge in [0, 0.05) is 6.42 Å². The second-order valence-corrected chi connectivity index (χ2v) is 12.0. The second kappa shape index (κ2) is 8.87. The summed E-state index contributed by atoms with van der Waals surface area (Å²) < 4.78 is 18.2. The molecule has 186 valence electrons. The van der Waals surface area contributed by atoms with E-state index in [0.717, 1.165) is 12.0 Å². The van der Waals surface area contributed by atoms with Crippen LogP contribution in [-0.4, -0.2) is 48.4 Å². The van der Waals surface area contributed by atoms with E-state index in [1.54, 1.807) is 20.8 Å². The fourth-order valence-electron chi connectivity index (χ4n) is 6.02. The summed E-state index contributed by atoms with van der Waals surface area (Å²) in [5.74, 6) is 0.459. The molecule has 6 atom stereocenters. The van der Waals surface area contributed by atoms with Crippen molar-refractivity contribution >= 4 is 19.1 Å². The molecule has 3 aliphatic carbocycles. The predicted octanol–water partition coefficient (Wildman–Crippen LogP) is 3.89. The molecule has 7 nitrogen and oxygen atoms in total. The smallest absolute Gasteiger partial charge is 0.444 e. The van der Waals surface area contributed by atoms with E-state index in [4.69, 9.17) is 14.0 Å². The van der Waals surface area contributed by atoms with E-state index < -0.39 is 24.9 Å². The normalized spacial score (nSPS) is 31.0. The molecule has 34 heavy (non-hydrogen) atoms. The molecule has 5 rings (SSSR count). The highest BCUT2D eigenvalue weighted by molar-refractivity contribution is 6.47. The number of alkyl carbamates (subject to hydrolysis) is 1. The van der Waals surface area contributed by atoms with Crippen molar-refractivity contribution in [1.82, 2.24) is 10.6 Å². The number of amides is 2. The average Bonchev–Trinajstić information content (AvgIpc) is 3.10. The molecule has 0 spiro atoms. The summed E-state index contributed by atoms with van der Waals surface area (Å²) in [5.41, 5.74) is 0.214. The van der Waals surface area contributed by atoms with Crippen LogP contribution >= 0.6 is 0 Å². The van der Waals surface area contributed by atoms with E-state index in [0.29, 0.717) is 18.3 Å². The number of benzene rings is 1. The van der Waals surface area contributed by atoms with Crippen LogP contribution in [0, 0.1) is 17.3 Å². The van der Waals surface area contributed by atoms with Gasteiger partial charge >= 0.3 is 13.2 Å². The first kappa shape index (κ1) is 25.1. The van der Waals surface area contributed by atoms with Gasteiger partial charge in [-0.05, 0) is 70.3 Å². The molecule has 1 saturated heterocycles. The lowest BCUT2D eigenvalue weighted by Gasteiger charge is -2.64. The Labute approximate surface area is 203 Å². The summed E-state index contributed by atoms with van der Waals surface area (Å²) in [4.78, 5) is 25.8. The molecule has 2 bridgehead atoms. The molecule has 1 aromatic carbocycles. The summed E-state index contributed by atoms with van der Waals surface area (Å²) in [6, 6.07) is 8.82. The van der Waals surface area contributed by atoms with E-state index in [-0.39, 0.29) is 29.0 Å². The van der Waals surface area contributed by atoms with Gasteiger partial charge in [0.25, 0.3) is 0 Å². The van der Waals surface area contributed by atoms with Gasteiger partial charge in [0.05, 0.1) is 17.6 Å². The van der Waals surface area contributed by atoms with Crippen molar-refractivity contribution in [3.63, 3.8) is 0 Å². The maximum Gasteiger partial charge on any atom is 0.481 e. The fourth-order valence-corrected chi connectivity index (χ4v) is 6.02. The minimum atomic E-state index is -0.786. The summed E-state index contributed by atoms with van der Waals surface area (Å²) in [6.45, 7) is 14.1. The van der Waals surface area contributed by atoms with E-state index in [9.17, 15) is 9.59 Å². The van der Waals surface area contributed by atoms with Gasteiger partial charge < -0.3 is 24.7 Å². The number of hydrogen-bond acceptors (Lipinski definition) is 5. The standard InChI is InChI=1S/C26H39BN2O5/c1-16(27-33-21-15-18-14-20(25(18,5)6)26(21,7)34-27)28-22(30)19(13-17-11-9-8-10-12-17)29-23(31)32-24(2,3)4/h8-12,16,18-21H,13-15H2,1-7H3,(H,28,30)(H,29,31)/t16-,18-,19-,20-,21+,26-/m0/s1. The van der Waals surface area contributed by atoms with Gasteiger partial charge in [-0.2, -0.15) is 0 Å². The number of ether oxygens (including phenoxy) is 1. The minimum Gasteiger partial charge on any atom is -0.444 e. The maximum absolute atomic E-state index is 13.3. The van der Waals surface area contributed by atoms with Gasteiger partial charge in [-0.3, -0.25) is 4.79 Å². The molecule has 0 unspecified atom stereocenters. The Morgan fingerprint density at radius 3 is 2.44 bits per heavy atom. The number of hydrogen-bond donors (Lipinski definition) is 2. The largest absolute Gasteiger partial charge is 0.481 e. The molecule has 2 amide bonds. The van der Waals surface area contributed by atoms with Gasteiger partial charge in [0.2, 0.25) is 5.91 Å². The lowest BCUT2D eigenvalue weighted by atomic mass is 9.43. The van der Waals surface area contributed by atoms with Gasteiger partial charge in [-0.15, -0.1) is 0 Å². The van der Waals surface area contributed by atoms with Crippen molar-refractivity contribution in [3.8, 4) is 0 Å². The SMILES string of the molecule is C[C@H](NC(=O)[C@H](Cc1ccccc1)NC(=O)OC(C)(C)C)B1O[C@@H]2C[C@@H]3C[C@@H](C3(C)C)[C@]2(C)O1. The Hall–Kier alpha value is -2.06. The fraction of sp³-hybridized carbons (Fsp3) is 0.692. The van der Waals surface area contributed by atoms with E-state index in [2.05, 4.69) is 31.4 Å². The third kappa shape index (κ3) is 4.85. The average molecular weight is 470 g/mol. The lowest BCUT2D eigenvalue weighted by molar-refractivity contribution is -0.199. The first-order chi connectivity index (χ1) is 15.8. The molecule has 3 saturated carbocycles. The maximum atomic E-state index is 13.3. The monoisotopic (exact) mass is 470 g/mol. The molecule has 2 N–H and O–H groups in total. The van der Waals surface area contributed by atoms with Gasteiger partial charge in [0.1, 0.15) is 11.6 Å². The Bertz CT molecular complexity index is 918. The van der Waals surface area contributed by atoms with Crippen LogP contribution in [0.4, 0.5) is 4.79 Å². The van der Waals surface area contributed by atoms with Crippen LogP contribution in [0.3, 0.4) is 0 Å². The van der Waals surface area contributed by atoms with Crippen molar-refractivity contribution in [1.29, 1.82) is 0 Å². The van der Waals surface area contributed by atoms with Crippen molar-refractivity contribution in [2.45, 2.75) is 97.0 Å². The lowest BCUT2D eigenvalue weighted by Crippen LogP contribution is -2.65. The summed E-state index contributed by atoms with van der Waals surface area (Å²) in [7, 11) is -0.520. The van der Waals surface area contributed by atoms with Crippen molar-refractivity contribution in [2.75, 3.05) is 0 Å². The summed E-state index contributed by atoms with van der Waals surface area (Å²) in [6.07, 6.45) is 1.95. The summed E-state index contributed by atoms with van der Waals surface area (Å²) >= 11 is 0. The molecule has 4 aliphatic rings. The van der Waals surface area contributed by atoms with Crippen LogP contribution in [0.1, 0.15) is 66.9 Å². The van der Waals surface area contributed by atoms with Crippen LogP contribution in [0.15, 0.2) is 30.3 Å². The molecule has 1 aliphatic heterocycles. The van der Waals surface area contributed by atoms with Crippen LogP contribution in [-0.2, 0) is 25.3 Å². The number of carbonyl (C=O) groups excluding carboxylic acids is 2. The zero-order valence-electron chi connectivity index (χ0n) is 21.5. The van der Waals surface area contributed by atoms with Crippen LogP contribution in [0.25, 0.3) is 0 Å². The molecule has 1 aromatic rings. The van der Waals surface area contributed by atoms with Crippen molar-refractivity contribution in [2.24, 2.45) is 17.3 Å². The molecule has 0 radical (unpaired) electrons. The Balaban J connectivity index is 1.42. The quantitative estimate of drug-likeness (QED) is 0.617. The van der Waals surface area contributed by atoms with Gasteiger partial charge in [0.15, 0.2) is 0 Å². The number of nitrogens with one attached hydrogen (secondary N) is 2. The highest BCUT2D eigenvalue weighted by Gasteiger charge is 2.68. The molecule has 8 heteroatoms. The molecule has 1 heterocycles. The molecular weight excluding hydrogens is 431 g/mol. The highest BCUT2D eigenvalue weighted by atomic mass is 16.7. The third-order valence-corrected chi connectivity index (χ3v) is 8.04. The van der Waals surface area contributed by atoms with Crippen molar-refractivity contribution in [3.05, 3.63) is 35.9 Å². The zero-order valence-corrected chi connectivity index (χ0v) is 21.5. The van der Waals surface area contributed by atoms with E-state index >= 15 is 0 Å². The first-order valence-electron chi connectivity index (χ1n) is 12.5. The topological polar surface area (TPSA) is 85.9 Å². The first-order valence-corrected chi connectivity index (χ1v) is 12.5. The van der Waals surface area contributed by atoms with Crippen LogP contribution in [0.5, 0.6) is 0 Å². The van der Waals surface area contributed by atoms with E-state index in [1.807, 2.05) is 37.3 Å².